The number of para-hydroxylation sites is 1. The number of hydrogen-bond acceptors (Lipinski definition) is 7. The summed E-state index contributed by atoms with van der Waals surface area (Å²) >= 11 is 3.29. The molecule has 0 saturated heterocycles. The van der Waals surface area contributed by atoms with Gasteiger partial charge in [-0.25, -0.2) is 0 Å². The third kappa shape index (κ3) is 13.9. The van der Waals surface area contributed by atoms with E-state index in [1.165, 1.54) is 62.5 Å². The predicted octanol–water partition coefficient (Wildman–Crippen LogP) is 6.82. The molecular weight excluding hydrogens is 701 g/mol. The minimum Gasteiger partial charge on any atom is -0.400 e. The molecular formula is C43H54N4O2S3+2. The molecule has 1 heterocycles. The Morgan fingerprint density at radius 2 is 1.29 bits per heavy atom. The van der Waals surface area contributed by atoms with E-state index in [1.807, 2.05) is 40.9 Å². The molecule has 274 valence electrons. The van der Waals surface area contributed by atoms with Crippen molar-refractivity contribution in [3.63, 3.8) is 0 Å². The second-order valence-corrected chi connectivity index (χ2v) is 14.9. The number of aliphatic hydroxyl groups excluding tert-OH is 1. The van der Waals surface area contributed by atoms with Crippen molar-refractivity contribution in [2.75, 3.05) is 76.8 Å². The first-order valence-corrected chi connectivity index (χ1v) is 20.0. The van der Waals surface area contributed by atoms with Gasteiger partial charge in [-0.1, -0.05) is 107 Å². The van der Waals surface area contributed by atoms with Crippen molar-refractivity contribution in [1.29, 1.82) is 0 Å². The van der Waals surface area contributed by atoms with Crippen molar-refractivity contribution in [3.05, 3.63) is 150 Å². The Morgan fingerprint density at radius 1 is 0.769 bits per heavy atom. The Balaban J connectivity index is 0.00000139. The zero-order chi connectivity index (χ0) is 37.6. The second-order valence-electron chi connectivity index (χ2n) is 11.8. The molecule has 0 saturated carbocycles. The monoisotopic (exact) mass is 754 g/mol. The van der Waals surface area contributed by atoms with Crippen molar-refractivity contribution in [2.45, 2.75) is 0 Å². The number of rotatable bonds is 15. The molecule has 4 aromatic carbocycles. The van der Waals surface area contributed by atoms with E-state index in [0.717, 1.165) is 31.7 Å². The fraction of sp³-hybridized carbons (Fsp3) is 0.233. The van der Waals surface area contributed by atoms with E-state index in [9.17, 15) is 0 Å². The zero-order valence-electron chi connectivity index (χ0n) is 31.2. The topological polar surface area (TPSA) is 54.4 Å². The lowest BCUT2D eigenvalue weighted by Gasteiger charge is -2.20. The Labute approximate surface area is 325 Å². The Kier molecular flexibility index (Phi) is 19.8. The standard InChI is InChI=1S/C41H44N4S2.CH4OS.CH4O/c1-42-27-26-36(35-10-6-5-7-11-35)20-14-33-16-22-38(23-17-33)43(2)28-30-46-47-31-29-44(3)39-24-18-34(19-25-39)15-21-37-32-45(4)41-13-9-8-12-40(37)41;1-2-3;1-2/h5-27,32H,28-31H2,1-4H3;3H,1H3;2H,1H3/p+2/b20-14+,21-15+,36-26-,42-27?;;. The van der Waals surface area contributed by atoms with Crippen LogP contribution >= 0.6 is 34.5 Å². The minimum absolute atomic E-state index is 1.00. The van der Waals surface area contributed by atoms with Crippen LogP contribution < -0.4 is 19.7 Å². The molecule has 4 aromatic rings. The lowest BCUT2D eigenvalue weighted by atomic mass is 10.0. The van der Waals surface area contributed by atoms with E-state index in [0.29, 0.717) is 0 Å². The predicted molar refractivity (Wildman–Crippen MR) is 235 cm³/mol. The van der Waals surface area contributed by atoms with Crippen LogP contribution in [0.1, 0.15) is 22.3 Å². The number of allylic oxidation sites excluding steroid dienone is 5. The Morgan fingerprint density at radius 3 is 1.85 bits per heavy atom. The van der Waals surface area contributed by atoms with E-state index in [1.54, 1.807) is 0 Å². The second kappa shape index (κ2) is 24.3. The Bertz CT molecular complexity index is 1760. The van der Waals surface area contributed by atoms with Crippen LogP contribution in [0.5, 0.6) is 0 Å². The quantitative estimate of drug-likeness (QED) is 0.0267. The van der Waals surface area contributed by atoms with Gasteiger partial charge in [0.05, 0.1) is 7.05 Å². The molecule has 1 aliphatic rings. The summed E-state index contributed by atoms with van der Waals surface area (Å²) in [6.45, 7) is 2.03. The van der Waals surface area contributed by atoms with Crippen LogP contribution in [0, 0.1) is 0 Å². The van der Waals surface area contributed by atoms with Gasteiger partial charge >= 0.3 is 0 Å². The van der Waals surface area contributed by atoms with Gasteiger partial charge in [0, 0.05) is 87.6 Å². The van der Waals surface area contributed by atoms with Gasteiger partial charge in [0.25, 0.3) is 0 Å². The maximum absolute atomic E-state index is 7.00. The minimum atomic E-state index is 1.00. The normalized spacial score (nSPS) is 13.7. The van der Waals surface area contributed by atoms with Crippen LogP contribution in [-0.4, -0.2) is 78.3 Å². The van der Waals surface area contributed by atoms with Crippen molar-refractivity contribution in [3.8, 4) is 0 Å². The fourth-order valence-corrected chi connectivity index (χ4v) is 7.52. The number of nitrogens with zero attached hydrogens (tertiary/aromatic N) is 2. The first kappa shape index (κ1) is 42.5. The summed E-state index contributed by atoms with van der Waals surface area (Å²) in [7, 11) is 14.9. The largest absolute Gasteiger partial charge is 0.400 e. The van der Waals surface area contributed by atoms with Crippen molar-refractivity contribution < 1.29 is 19.2 Å². The van der Waals surface area contributed by atoms with Crippen LogP contribution in [0.15, 0.2) is 128 Å². The highest BCUT2D eigenvalue weighted by Crippen LogP contribution is 2.27. The highest BCUT2D eigenvalue weighted by molar-refractivity contribution is 8.76. The lowest BCUT2D eigenvalue weighted by molar-refractivity contribution is -0.747. The maximum Gasteiger partial charge on any atom is 0.162 e. The maximum atomic E-state index is 7.00. The lowest BCUT2D eigenvalue weighted by Crippen LogP contribution is -2.97. The fourth-order valence-electron chi connectivity index (χ4n) is 5.43. The van der Waals surface area contributed by atoms with Gasteiger partial charge in [0.1, 0.15) is 18.9 Å². The van der Waals surface area contributed by atoms with Crippen molar-refractivity contribution >= 4 is 81.1 Å². The van der Waals surface area contributed by atoms with Gasteiger partial charge < -0.3 is 19.1 Å². The number of nitrogens with one attached hydrogen (secondary N) is 2. The third-order valence-electron chi connectivity index (χ3n) is 8.25. The number of fused-ring (bicyclic) bond motifs is 1. The van der Waals surface area contributed by atoms with E-state index in [4.69, 9.17) is 5.11 Å². The molecule has 0 aromatic heterocycles. The van der Waals surface area contributed by atoms with Crippen molar-refractivity contribution in [1.82, 2.24) is 0 Å². The molecule has 3 N–H and O–H groups in total. The summed E-state index contributed by atoms with van der Waals surface area (Å²) in [4.78, 5) is 9.10. The molecule has 1 aliphatic heterocycles. The van der Waals surface area contributed by atoms with Gasteiger partial charge in [-0.2, -0.15) is 0 Å². The molecule has 0 fully saturated rings. The van der Waals surface area contributed by atoms with E-state index in [2.05, 4.69) is 187 Å². The molecule has 0 amide bonds. The van der Waals surface area contributed by atoms with Gasteiger partial charge in [0.2, 0.25) is 0 Å². The Hall–Kier alpha value is -3.96. The summed E-state index contributed by atoms with van der Waals surface area (Å²) in [5.74, 6) is 2.17. The number of anilines is 2. The molecule has 52 heavy (non-hydrogen) atoms. The molecule has 1 atom stereocenters. The van der Waals surface area contributed by atoms with Crippen LogP contribution in [0.3, 0.4) is 0 Å². The molecule has 0 spiro atoms. The van der Waals surface area contributed by atoms with Crippen LogP contribution in [0.25, 0.3) is 23.3 Å². The van der Waals surface area contributed by atoms with Crippen LogP contribution in [0.2, 0.25) is 0 Å². The summed E-state index contributed by atoms with van der Waals surface area (Å²) in [6.07, 6.45) is 15.1. The number of hydrogen-bond donors (Lipinski definition) is 4. The van der Waals surface area contributed by atoms with Crippen LogP contribution in [0.4, 0.5) is 17.1 Å². The SMILES string of the molecule is CO.COS.C[NH+]=C/C=C(/C=C/c1ccc(N(C)CCSSCCN(C)c2ccc(/C=C/C3=C[NH+](C)c4ccccc43)cc2)cc1)c1ccccc1. The smallest absolute Gasteiger partial charge is 0.162 e. The number of quaternary nitrogens is 1. The summed E-state index contributed by atoms with van der Waals surface area (Å²) in [6, 6.07) is 36.8. The first-order valence-electron chi connectivity index (χ1n) is 17.2. The summed E-state index contributed by atoms with van der Waals surface area (Å²) in [5.41, 5.74) is 11.2. The molecule has 0 bridgehead atoms. The molecule has 0 aliphatic carbocycles. The van der Waals surface area contributed by atoms with E-state index >= 15 is 0 Å². The highest BCUT2D eigenvalue weighted by atomic mass is 33.1. The van der Waals surface area contributed by atoms with E-state index in [-0.39, 0.29) is 0 Å². The molecule has 5 rings (SSSR count). The van der Waals surface area contributed by atoms with Gasteiger partial charge in [-0.05, 0) is 71.6 Å². The molecule has 1 unspecified atom stereocenters. The van der Waals surface area contributed by atoms with Crippen LogP contribution in [-0.2, 0) is 4.18 Å². The molecule has 6 nitrogen and oxygen atoms in total. The molecule has 9 heteroatoms. The first-order chi connectivity index (χ1) is 25.4. The number of aliphatic hydroxyl groups is 1. The summed E-state index contributed by atoms with van der Waals surface area (Å²) < 4.78 is 3.94. The average Bonchev–Trinajstić information content (AvgIpc) is 3.52. The van der Waals surface area contributed by atoms with Crippen molar-refractivity contribution in [2.24, 2.45) is 0 Å². The number of thiol groups is 1. The zero-order valence-corrected chi connectivity index (χ0v) is 33.7. The average molecular weight is 755 g/mol. The summed E-state index contributed by atoms with van der Waals surface area (Å²) in [5, 5.41) is 7.00. The number of benzene rings is 4. The van der Waals surface area contributed by atoms with E-state index < -0.39 is 0 Å². The van der Waals surface area contributed by atoms with Gasteiger partial charge in [-0.15, -0.1) is 0 Å². The van der Waals surface area contributed by atoms with Gasteiger partial charge in [-0.3, -0.25) is 9.89 Å². The molecule has 0 radical (unpaired) electrons. The van der Waals surface area contributed by atoms with Gasteiger partial charge in [0.15, 0.2) is 6.21 Å². The highest BCUT2D eigenvalue weighted by Gasteiger charge is 2.20. The third-order valence-corrected chi connectivity index (χ3v) is 10.6.